The highest BCUT2D eigenvalue weighted by Crippen LogP contribution is 2.28. The van der Waals surface area contributed by atoms with Crippen molar-refractivity contribution in [2.24, 2.45) is 5.92 Å². The average Bonchev–Trinajstić information content (AvgIpc) is 3.07. The molecule has 3 rings (SSSR count). The number of carbonyl (C=O) groups is 2. The number of ether oxygens (including phenoxy) is 4. The zero-order chi connectivity index (χ0) is 33.0. The van der Waals surface area contributed by atoms with E-state index >= 15 is 0 Å². The maximum absolute atomic E-state index is 14.6. The predicted octanol–water partition coefficient (Wildman–Crippen LogP) is 10.4. The van der Waals surface area contributed by atoms with E-state index in [0.717, 1.165) is 38.2 Å². The molecule has 0 aromatic heterocycles. The summed E-state index contributed by atoms with van der Waals surface area (Å²) in [4.78, 5) is 24.6. The van der Waals surface area contributed by atoms with Crippen LogP contribution in [0.5, 0.6) is 17.2 Å². The van der Waals surface area contributed by atoms with Crippen molar-refractivity contribution >= 4 is 11.9 Å². The van der Waals surface area contributed by atoms with Crippen LogP contribution in [0.1, 0.15) is 133 Å². The van der Waals surface area contributed by atoms with Crippen molar-refractivity contribution in [3.8, 4) is 17.2 Å². The highest BCUT2D eigenvalue weighted by atomic mass is 19.1. The molecule has 1 aliphatic rings. The quantitative estimate of drug-likeness (QED) is 0.0722. The van der Waals surface area contributed by atoms with Gasteiger partial charge in [-0.15, -0.1) is 0 Å². The van der Waals surface area contributed by atoms with Gasteiger partial charge in [0.2, 0.25) is 0 Å². The molecule has 2 aromatic rings. The second-order valence-corrected chi connectivity index (χ2v) is 12.5. The van der Waals surface area contributed by atoms with Gasteiger partial charge in [-0.1, -0.05) is 84.5 Å². The molecule has 0 N–H and O–H groups in total. The Morgan fingerprint density at radius 1 is 0.761 bits per heavy atom. The Morgan fingerprint density at radius 2 is 1.37 bits per heavy atom. The molecule has 1 fully saturated rings. The molecular weight excluding hydrogens is 590 g/mol. The zero-order valence-corrected chi connectivity index (χ0v) is 27.9. The lowest BCUT2D eigenvalue weighted by Crippen LogP contribution is -2.30. The van der Waals surface area contributed by atoms with Crippen molar-refractivity contribution in [2.75, 3.05) is 13.2 Å². The SMILES string of the molecule is CCCCCCCCCCCCOc1ccc(C(=O)Oc2ccc(OCC3CCC(OC(=O)[C@@H](F)CCCC)CC3)cc2)cc1F. The van der Waals surface area contributed by atoms with Gasteiger partial charge in [-0.2, -0.15) is 0 Å². The number of rotatable bonds is 22. The molecule has 0 heterocycles. The number of halogens is 2. The average molecular weight is 645 g/mol. The molecule has 256 valence electrons. The number of esters is 2. The van der Waals surface area contributed by atoms with Gasteiger partial charge in [-0.05, 0) is 86.9 Å². The van der Waals surface area contributed by atoms with Gasteiger partial charge in [0.25, 0.3) is 0 Å². The van der Waals surface area contributed by atoms with Crippen LogP contribution < -0.4 is 14.2 Å². The van der Waals surface area contributed by atoms with Gasteiger partial charge in [-0.25, -0.2) is 18.4 Å². The Hall–Kier alpha value is -3.16. The summed E-state index contributed by atoms with van der Waals surface area (Å²) in [6.45, 7) is 5.15. The van der Waals surface area contributed by atoms with Gasteiger partial charge in [0, 0.05) is 0 Å². The fraction of sp³-hybridized carbons (Fsp3) is 0.632. The number of hydrogen-bond acceptors (Lipinski definition) is 6. The normalized spacial score (nSPS) is 16.9. The van der Waals surface area contributed by atoms with Gasteiger partial charge in [0.05, 0.1) is 18.8 Å². The number of carbonyl (C=O) groups excluding carboxylic acids is 2. The molecule has 0 saturated heterocycles. The number of alkyl halides is 1. The van der Waals surface area contributed by atoms with Crippen molar-refractivity contribution in [2.45, 2.75) is 135 Å². The smallest absolute Gasteiger partial charge is 0.343 e. The molecule has 0 spiro atoms. The molecule has 1 aliphatic carbocycles. The van der Waals surface area contributed by atoms with Gasteiger partial charge >= 0.3 is 11.9 Å². The van der Waals surface area contributed by atoms with Crippen molar-refractivity contribution < 1.29 is 37.3 Å². The van der Waals surface area contributed by atoms with Crippen LogP contribution in [0.15, 0.2) is 42.5 Å². The van der Waals surface area contributed by atoms with Gasteiger partial charge in [-0.3, -0.25) is 0 Å². The summed E-state index contributed by atoms with van der Waals surface area (Å²) < 4.78 is 50.8. The molecule has 6 nitrogen and oxygen atoms in total. The second kappa shape index (κ2) is 21.6. The first-order chi connectivity index (χ1) is 22.4. The summed E-state index contributed by atoms with van der Waals surface area (Å²) in [5, 5.41) is 0. The van der Waals surface area contributed by atoms with Crippen molar-refractivity contribution in [1.82, 2.24) is 0 Å². The minimum atomic E-state index is -1.53. The monoisotopic (exact) mass is 644 g/mol. The highest BCUT2D eigenvalue weighted by Gasteiger charge is 2.27. The Kier molecular flexibility index (Phi) is 17.5. The van der Waals surface area contributed by atoms with E-state index in [1.165, 1.54) is 63.5 Å². The van der Waals surface area contributed by atoms with Crippen molar-refractivity contribution in [1.29, 1.82) is 0 Å². The van der Waals surface area contributed by atoms with Gasteiger partial charge < -0.3 is 18.9 Å². The van der Waals surface area contributed by atoms with Crippen molar-refractivity contribution in [3.05, 3.63) is 53.8 Å². The Balaban J connectivity index is 1.30. The van der Waals surface area contributed by atoms with E-state index in [2.05, 4.69) is 6.92 Å². The lowest BCUT2D eigenvalue weighted by atomic mass is 9.88. The third kappa shape index (κ3) is 14.1. The van der Waals surface area contributed by atoms with Crippen LogP contribution in [0.2, 0.25) is 0 Å². The summed E-state index contributed by atoms with van der Waals surface area (Å²) in [6, 6.07) is 10.8. The Morgan fingerprint density at radius 3 is 2.00 bits per heavy atom. The molecule has 0 radical (unpaired) electrons. The van der Waals surface area contributed by atoms with Crippen LogP contribution >= 0.6 is 0 Å². The molecule has 0 bridgehead atoms. The molecule has 1 atom stereocenters. The molecule has 46 heavy (non-hydrogen) atoms. The minimum absolute atomic E-state index is 0.105. The third-order valence-corrected chi connectivity index (χ3v) is 8.59. The third-order valence-electron chi connectivity index (χ3n) is 8.59. The first kappa shape index (κ1) is 37.3. The van der Waals surface area contributed by atoms with Gasteiger partial charge in [0.1, 0.15) is 17.6 Å². The van der Waals surface area contributed by atoms with Crippen LogP contribution in [0, 0.1) is 11.7 Å². The number of hydrogen-bond donors (Lipinski definition) is 0. The summed E-state index contributed by atoms with van der Waals surface area (Å²) in [5.74, 6) is -0.567. The number of benzene rings is 2. The molecule has 0 unspecified atom stereocenters. The summed E-state index contributed by atoms with van der Waals surface area (Å²) in [6.07, 6.45) is 15.2. The van der Waals surface area contributed by atoms with Crippen LogP contribution in [-0.4, -0.2) is 37.4 Å². The Labute approximate surface area is 274 Å². The van der Waals surface area contributed by atoms with E-state index in [0.29, 0.717) is 49.9 Å². The standard InChI is InChI=1S/C38H54F2O6/c1-3-5-7-8-9-10-11-12-13-14-26-43-36-25-18-30(27-35(36)40)37(41)45-33-23-21-31(22-24-33)44-28-29-16-19-32(20-17-29)46-38(42)34(39)15-6-4-2/h18,21-25,27,29,32,34H,3-17,19-20,26,28H2,1-2H3/t29?,32?,34-/m0/s1. The van der Waals surface area contributed by atoms with Crippen LogP contribution in [0.3, 0.4) is 0 Å². The van der Waals surface area contributed by atoms with E-state index < -0.39 is 23.9 Å². The minimum Gasteiger partial charge on any atom is -0.493 e. The maximum Gasteiger partial charge on any atom is 0.343 e. The van der Waals surface area contributed by atoms with E-state index in [1.54, 1.807) is 24.3 Å². The lowest BCUT2D eigenvalue weighted by molar-refractivity contribution is -0.157. The summed E-state index contributed by atoms with van der Waals surface area (Å²) in [7, 11) is 0. The maximum atomic E-state index is 14.6. The summed E-state index contributed by atoms with van der Waals surface area (Å²) in [5.41, 5.74) is 0.105. The highest BCUT2D eigenvalue weighted by molar-refractivity contribution is 5.91. The van der Waals surface area contributed by atoms with Crippen LogP contribution in [0.4, 0.5) is 8.78 Å². The molecule has 0 aliphatic heterocycles. The van der Waals surface area contributed by atoms with Crippen molar-refractivity contribution in [3.63, 3.8) is 0 Å². The van der Waals surface area contributed by atoms with E-state index in [1.807, 2.05) is 6.92 Å². The molecule has 2 aromatic carbocycles. The topological polar surface area (TPSA) is 71.1 Å². The fourth-order valence-corrected chi connectivity index (χ4v) is 5.66. The molecule has 8 heteroatoms. The van der Waals surface area contributed by atoms with Gasteiger partial charge in [0.15, 0.2) is 17.7 Å². The van der Waals surface area contributed by atoms with E-state index in [9.17, 15) is 18.4 Å². The first-order valence-electron chi connectivity index (χ1n) is 17.6. The van der Waals surface area contributed by atoms with Crippen LogP contribution in [0.25, 0.3) is 0 Å². The number of unbranched alkanes of at least 4 members (excludes halogenated alkanes) is 10. The van der Waals surface area contributed by atoms with Crippen LogP contribution in [-0.2, 0) is 9.53 Å². The summed E-state index contributed by atoms with van der Waals surface area (Å²) >= 11 is 0. The predicted molar refractivity (Wildman–Crippen MR) is 177 cm³/mol. The Bertz CT molecular complexity index is 1150. The molecule has 1 saturated carbocycles. The molecule has 0 amide bonds. The lowest BCUT2D eigenvalue weighted by Gasteiger charge is -2.28. The largest absolute Gasteiger partial charge is 0.493 e. The van der Waals surface area contributed by atoms with E-state index in [-0.39, 0.29) is 23.8 Å². The second-order valence-electron chi connectivity index (χ2n) is 12.5. The fourth-order valence-electron chi connectivity index (χ4n) is 5.66. The zero-order valence-electron chi connectivity index (χ0n) is 27.9. The first-order valence-corrected chi connectivity index (χ1v) is 17.6. The van der Waals surface area contributed by atoms with E-state index in [4.69, 9.17) is 18.9 Å². The molecular formula is C38H54F2O6.